The van der Waals surface area contributed by atoms with E-state index in [0.29, 0.717) is 15.2 Å². The van der Waals surface area contributed by atoms with Crippen LogP contribution in [0.3, 0.4) is 0 Å². The number of aromatic hydroxyl groups is 1. The summed E-state index contributed by atoms with van der Waals surface area (Å²) in [5.74, 6) is -0.0659. The molecule has 0 bridgehead atoms. The Balaban J connectivity index is 2.02. The zero-order chi connectivity index (χ0) is 18.4. The van der Waals surface area contributed by atoms with Gasteiger partial charge in [0, 0.05) is 18.0 Å². The summed E-state index contributed by atoms with van der Waals surface area (Å²) in [4.78, 5) is 12.3. The van der Waals surface area contributed by atoms with E-state index < -0.39 is 0 Å². The molecule has 26 heavy (non-hydrogen) atoms. The highest BCUT2D eigenvalue weighted by molar-refractivity contribution is 9.10. The number of carbonyl (C=O) groups excluding carboxylic acids is 1. The molecule has 1 aliphatic rings. The van der Waals surface area contributed by atoms with E-state index in [4.69, 9.17) is 16.3 Å². The number of carbonyl (C=O) groups is 1. The van der Waals surface area contributed by atoms with Crippen LogP contribution in [-0.2, 0) is 4.79 Å². The molecule has 1 heterocycles. The summed E-state index contributed by atoms with van der Waals surface area (Å²) in [6, 6.07) is 13.7. The molecule has 0 aliphatic carbocycles. The lowest BCUT2D eigenvalue weighted by Gasteiger charge is -2.29. The van der Waals surface area contributed by atoms with Gasteiger partial charge in [0.25, 0.3) is 0 Å². The smallest absolute Gasteiger partial charge is 0.225 e. The summed E-state index contributed by atoms with van der Waals surface area (Å²) in [5.41, 5.74) is 2.54. The van der Waals surface area contributed by atoms with Gasteiger partial charge in [0.05, 0.1) is 16.6 Å². The highest BCUT2D eigenvalue weighted by atomic mass is 79.9. The van der Waals surface area contributed by atoms with Gasteiger partial charge in [0.1, 0.15) is 0 Å². The zero-order valence-corrected chi connectivity index (χ0v) is 16.2. The summed E-state index contributed by atoms with van der Waals surface area (Å²) in [7, 11) is 1.48. The van der Waals surface area contributed by atoms with E-state index >= 15 is 0 Å². The van der Waals surface area contributed by atoms with Gasteiger partial charge in [-0.05, 0) is 50.0 Å². The summed E-state index contributed by atoms with van der Waals surface area (Å²) in [6.07, 6.45) is 0.265. The fourth-order valence-corrected chi connectivity index (χ4v) is 4.26. The molecule has 6 heteroatoms. The third-order valence-corrected chi connectivity index (χ3v) is 6.16. The van der Waals surface area contributed by atoms with Crippen LogP contribution in [0.15, 0.2) is 46.9 Å². The van der Waals surface area contributed by atoms with Crippen molar-refractivity contribution in [2.45, 2.75) is 12.3 Å². The third-order valence-electron chi connectivity index (χ3n) is 4.75. The number of anilines is 1. The molecule has 0 radical (unpaired) electrons. The van der Waals surface area contributed by atoms with Crippen molar-refractivity contribution >= 4 is 49.9 Å². The largest absolute Gasteiger partial charge is 0.503 e. The van der Waals surface area contributed by atoms with E-state index in [9.17, 15) is 9.90 Å². The minimum absolute atomic E-state index is 0.0559. The Kier molecular flexibility index (Phi) is 4.29. The Morgan fingerprint density at radius 3 is 2.81 bits per heavy atom. The van der Waals surface area contributed by atoms with Crippen LogP contribution >= 0.6 is 27.5 Å². The summed E-state index contributed by atoms with van der Waals surface area (Å²) in [6.45, 7) is 0. The number of amides is 1. The maximum absolute atomic E-state index is 12.3. The number of hydrogen-bond acceptors (Lipinski definition) is 3. The first-order valence-corrected chi connectivity index (χ1v) is 9.24. The van der Waals surface area contributed by atoms with Gasteiger partial charge in [0.2, 0.25) is 5.91 Å². The molecule has 2 N–H and O–H groups in total. The van der Waals surface area contributed by atoms with Gasteiger partial charge in [-0.1, -0.05) is 41.9 Å². The lowest BCUT2D eigenvalue weighted by Crippen LogP contribution is -2.24. The Morgan fingerprint density at radius 2 is 2.04 bits per heavy atom. The van der Waals surface area contributed by atoms with Crippen molar-refractivity contribution in [1.29, 1.82) is 0 Å². The number of benzene rings is 3. The van der Waals surface area contributed by atoms with Crippen molar-refractivity contribution in [3.63, 3.8) is 0 Å². The lowest BCUT2D eigenvalue weighted by molar-refractivity contribution is -0.116. The molecular formula is C20H15BrClNO3. The van der Waals surface area contributed by atoms with E-state index in [1.54, 1.807) is 6.07 Å². The van der Waals surface area contributed by atoms with Crippen LogP contribution in [0.2, 0.25) is 5.02 Å². The number of halogens is 2. The van der Waals surface area contributed by atoms with Crippen LogP contribution in [0.5, 0.6) is 11.5 Å². The number of phenols is 1. The maximum Gasteiger partial charge on any atom is 0.225 e. The van der Waals surface area contributed by atoms with Gasteiger partial charge >= 0.3 is 0 Å². The molecule has 0 unspecified atom stereocenters. The predicted molar refractivity (Wildman–Crippen MR) is 106 cm³/mol. The molecular weight excluding hydrogens is 418 g/mol. The van der Waals surface area contributed by atoms with Gasteiger partial charge in [0.15, 0.2) is 11.5 Å². The molecule has 0 saturated heterocycles. The Bertz CT molecular complexity index is 1050. The molecule has 4 nitrogen and oxygen atoms in total. The van der Waals surface area contributed by atoms with Crippen molar-refractivity contribution in [3.8, 4) is 11.5 Å². The molecule has 132 valence electrons. The van der Waals surface area contributed by atoms with Gasteiger partial charge in [-0.3, -0.25) is 4.79 Å². The molecule has 3 aromatic carbocycles. The van der Waals surface area contributed by atoms with Crippen LogP contribution in [0, 0.1) is 0 Å². The van der Waals surface area contributed by atoms with Crippen LogP contribution in [0.4, 0.5) is 5.69 Å². The Hall–Kier alpha value is -2.24. The van der Waals surface area contributed by atoms with Crippen molar-refractivity contribution in [2.24, 2.45) is 0 Å². The van der Waals surface area contributed by atoms with Crippen LogP contribution < -0.4 is 10.1 Å². The van der Waals surface area contributed by atoms with Crippen molar-refractivity contribution < 1.29 is 14.6 Å². The van der Waals surface area contributed by atoms with Crippen molar-refractivity contribution in [3.05, 3.63) is 63.1 Å². The second-order valence-electron chi connectivity index (χ2n) is 6.20. The molecule has 1 atom stereocenters. The Labute approximate surface area is 163 Å². The average Bonchev–Trinajstić information content (AvgIpc) is 2.65. The fourth-order valence-electron chi connectivity index (χ4n) is 3.56. The predicted octanol–water partition coefficient (Wildman–Crippen LogP) is 5.44. The summed E-state index contributed by atoms with van der Waals surface area (Å²) < 4.78 is 5.64. The van der Waals surface area contributed by atoms with E-state index in [2.05, 4.69) is 21.2 Å². The molecule has 1 aliphatic heterocycles. The molecule has 0 spiro atoms. The monoisotopic (exact) mass is 431 g/mol. The first kappa shape index (κ1) is 17.2. The number of fused-ring (bicyclic) bond motifs is 3. The zero-order valence-electron chi connectivity index (χ0n) is 13.8. The number of rotatable bonds is 2. The quantitative estimate of drug-likeness (QED) is 0.566. The van der Waals surface area contributed by atoms with Crippen LogP contribution in [0.1, 0.15) is 23.5 Å². The first-order chi connectivity index (χ1) is 12.5. The lowest BCUT2D eigenvalue weighted by atomic mass is 9.82. The normalized spacial score (nSPS) is 16.3. The topological polar surface area (TPSA) is 58.6 Å². The van der Waals surface area contributed by atoms with Gasteiger partial charge in [-0.2, -0.15) is 0 Å². The number of ether oxygens (including phenoxy) is 1. The summed E-state index contributed by atoms with van der Waals surface area (Å²) >= 11 is 9.86. The number of hydrogen-bond donors (Lipinski definition) is 2. The number of nitrogens with one attached hydrogen (secondary N) is 1. The van der Waals surface area contributed by atoms with Gasteiger partial charge in [-0.25, -0.2) is 0 Å². The summed E-state index contributed by atoms with van der Waals surface area (Å²) in [5, 5.41) is 15.7. The van der Waals surface area contributed by atoms with E-state index in [-0.39, 0.29) is 24.0 Å². The highest BCUT2D eigenvalue weighted by Gasteiger charge is 2.31. The first-order valence-electron chi connectivity index (χ1n) is 8.07. The molecule has 4 rings (SSSR count). The molecule has 3 aromatic rings. The standard InChI is InChI=1S/C20H15BrClNO3/c1-26-15-8-13(19(22)18(21)20(15)25)12-9-16(24)23-14-7-6-10-4-2-3-5-11(10)17(12)14/h2-8,12,25H,9H2,1H3,(H,23,24)/t12-/m0/s1. The van der Waals surface area contributed by atoms with Gasteiger partial charge < -0.3 is 15.2 Å². The van der Waals surface area contributed by atoms with Crippen molar-refractivity contribution in [1.82, 2.24) is 0 Å². The van der Waals surface area contributed by atoms with Crippen LogP contribution in [-0.4, -0.2) is 18.1 Å². The minimum Gasteiger partial charge on any atom is -0.503 e. The molecule has 1 amide bonds. The van der Waals surface area contributed by atoms with E-state index in [1.807, 2.05) is 36.4 Å². The SMILES string of the molecule is COc1cc([C@@H]2CC(=O)Nc3ccc4ccccc4c32)c(Cl)c(Br)c1O. The molecule has 0 fully saturated rings. The number of phenolic OH excluding ortho intramolecular Hbond substituents is 1. The van der Waals surface area contributed by atoms with E-state index in [1.165, 1.54) is 7.11 Å². The Morgan fingerprint density at radius 1 is 1.27 bits per heavy atom. The van der Waals surface area contributed by atoms with Crippen molar-refractivity contribution in [2.75, 3.05) is 12.4 Å². The van der Waals surface area contributed by atoms with Gasteiger partial charge in [-0.15, -0.1) is 0 Å². The number of methoxy groups -OCH3 is 1. The maximum atomic E-state index is 12.3. The third kappa shape index (κ3) is 2.63. The van der Waals surface area contributed by atoms with E-state index in [0.717, 1.165) is 27.6 Å². The fraction of sp³-hybridized carbons (Fsp3) is 0.150. The minimum atomic E-state index is -0.247. The van der Waals surface area contributed by atoms with Crippen LogP contribution in [0.25, 0.3) is 10.8 Å². The average molecular weight is 433 g/mol. The molecule has 0 saturated carbocycles. The second-order valence-corrected chi connectivity index (χ2v) is 7.37. The second kappa shape index (κ2) is 6.49. The highest BCUT2D eigenvalue weighted by Crippen LogP contribution is 2.49. The molecule has 0 aromatic heterocycles.